The second-order valence-electron chi connectivity index (χ2n) is 3.87. The van der Waals surface area contributed by atoms with Gasteiger partial charge in [0, 0.05) is 0 Å². The fraction of sp³-hybridized carbons (Fsp3) is 0.889. The van der Waals surface area contributed by atoms with Crippen LogP contribution in [-0.4, -0.2) is 68.5 Å². The van der Waals surface area contributed by atoms with Crippen molar-refractivity contribution < 1.29 is 30.3 Å². The van der Waals surface area contributed by atoms with Gasteiger partial charge in [-0.3, -0.25) is 4.79 Å². The van der Waals surface area contributed by atoms with Gasteiger partial charge >= 0.3 is 0 Å². The number of amides is 1. The van der Waals surface area contributed by atoms with Crippen molar-refractivity contribution in [2.24, 2.45) is 11.5 Å². The normalized spacial score (nSPS) is 20.4. The van der Waals surface area contributed by atoms with Gasteiger partial charge < -0.3 is 37.0 Å². The van der Waals surface area contributed by atoms with Crippen molar-refractivity contribution in [3.63, 3.8) is 0 Å². The van der Waals surface area contributed by atoms with Gasteiger partial charge in [-0.1, -0.05) is 0 Å². The topological polar surface area (TPSA) is 170 Å². The molecule has 0 saturated heterocycles. The second-order valence-corrected chi connectivity index (χ2v) is 3.87. The van der Waals surface area contributed by atoms with Crippen LogP contribution in [0.4, 0.5) is 0 Å². The van der Waals surface area contributed by atoms with E-state index in [1.807, 2.05) is 0 Å². The molecular formula is C9H20N2O6. The van der Waals surface area contributed by atoms with Crippen molar-refractivity contribution in [3.8, 4) is 0 Å². The summed E-state index contributed by atoms with van der Waals surface area (Å²) in [5, 5.41) is 46.6. The van der Waals surface area contributed by atoms with Gasteiger partial charge in [0.2, 0.25) is 0 Å². The van der Waals surface area contributed by atoms with E-state index in [1.54, 1.807) is 0 Å². The highest BCUT2D eigenvalue weighted by molar-refractivity contribution is 5.84. The molecule has 0 spiro atoms. The number of carbonyl (C=O) groups excluding carboxylic acids is 1. The van der Waals surface area contributed by atoms with Gasteiger partial charge in [0.15, 0.2) is 5.60 Å². The molecule has 0 heterocycles. The lowest BCUT2D eigenvalue weighted by Gasteiger charge is -2.34. The molecule has 0 aliphatic heterocycles. The predicted molar refractivity (Wildman–Crippen MR) is 57.5 cm³/mol. The molecule has 0 rings (SSSR count). The molecule has 1 amide bonds. The third-order valence-corrected chi connectivity index (χ3v) is 2.58. The molecule has 0 aromatic rings. The fourth-order valence-electron chi connectivity index (χ4n) is 1.39. The van der Waals surface area contributed by atoms with E-state index in [4.69, 9.17) is 21.7 Å². The average Bonchev–Trinajstić information content (AvgIpc) is 2.32. The van der Waals surface area contributed by atoms with Gasteiger partial charge in [-0.15, -0.1) is 0 Å². The van der Waals surface area contributed by atoms with Crippen LogP contribution in [0, 0.1) is 0 Å². The maximum absolute atomic E-state index is 11.1. The largest absolute Gasteiger partial charge is 0.394 e. The molecule has 8 heteroatoms. The molecule has 0 aromatic heterocycles. The Morgan fingerprint density at radius 3 is 2.18 bits per heavy atom. The van der Waals surface area contributed by atoms with Gasteiger partial charge in [0.25, 0.3) is 5.91 Å². The van der Waals surface area contributed by atoms with E-state index in [-0.39, 0.29) is 19.4 Å². The first-order valence-corrected chi connectivity index (χ1v) is 5.18. The summed E-state index contributed by atoms with van der Waals surface area (Å²) in [6.45, 7) is -0.676. The lowest BCUT2D eigenvalue weighted by atomic mass is 9.85. The highest BCUT2D eigenvalue weighted by atomic mass is 16.4. The lowest BCUT2D eigenvalue weighted by molar-refractivity contribution is -0.175. The van der Waals surface area contributed by atoms with Crippen molar-refractivity contribution in [2.75, 3.05) is 13.2 Å². The Labute approximate surface area is 98.5 Å². The van der Waals surface area contributed by atoms with Crippen LogP contribution < -0.4 is 11.5 Å². The van der Waals surface area contributed by atoms with Crippen molar-refractivity contribution >= 4 is 5.91 Å². The second kappa shape index (κ2) is 6.84. The van der Waals surface area contributed by atoms with Crippen LogP contribution in [0.25, 0.3) is 0 Å². The predicted octanol–water partition coefficient (Wildman–Crippen LogP) is -3.98. The van der Waals surface area contributed by atoms with E-state index in [2.05, 4.69) is 0 Å². The Kier molecular flexibility index (Phi) is 6.53. The summed E-state index contributed by atoms with van der Waals surface area (Å²) < 4.78 is 0. The van der Waals surface area contributed by atoms with E-state index < -0.39 is 36.4 Å². The highest BCUT2D eigenvalue weighted by Crippen LogP contribution is 2.21. The molecule has 0 radical (unpaired) electrons. The molecule has 0 fully saturated rings. The van der Waals surface area contributed by atoms with Crippen LogP contribution in [0.2, 0.25) is 0 Å². The summed E-state index contributed by atoms with van der Waals surface area (Å²) in [6, 6.07) is 0. The SMILES string of the molecule is NCCC[C@](O)(C(N)=O)[C@@H](O)[C@H](O)[C@H](O)CO. The van der Waals surface area contributed by atoms with Crippen molar-refractivity contribution in [1.82, 2.24) is 0 Å². The number of rotatable bonds is 8. The summed E-state index contributed by atoms with van der Waals surface area (Å²) in [7, 11) is 0. The van der Waals surface area contributed by atoms with Gasteiger partial charge in [0.1, 0.15) is 18.3 Å². The van der Waals surface area contributed by atoms with Crippen LogP contribution >= 0.6 is 0 Å². The number of carbonyl (C=O) groups is 1. The maximum atomic E-state index is 11.1. The Morgan fingerprint density at radius 2 is 1.82 bits per heavy atom. The van der Waals surface area contributed by atoms with Crippen molar-refractivity contribution in [2.45, 2.75) is 36.8 Å². The molecule has 0 aliphatic carbocycles. The van der Waals surface area contributed by atoms with E-state index in [1.165, 1.54) is 0 Å². The third kappa shape index (κ3) is 3.87. The van der Waals surface area contributed by atoms with Gasteiger partial charge in [-0.2, -0.15) is 0 Å². The molecule has 8 nitrogen and oxygen atoms in total. The quantitative estimate of drug-likeness (QED) is 0.231. The van der Waals surface area contributed by atoms with E-state index in [0.717, 1.165) is 0 Å². The number of nitrogens with two attached hydrogens (primary N) is 2. The van der Waals surface area contributed by atoms with Crippen molar-refractivity contribution in [3.05, 3.63) is 0 Å². The Hall–Kier alpha value is -0.770. The van der Waals surface area contributed by atoms with Crippen LogP contribution in [0.15, 0.2) is 0 Å². The van der Waals surface area contributed by atoms with Crippen molar-refractivity contribution in [1.29, 1.82) is 0 Å². The Morgan fingerprint density at radius 1 is 1.29 bits per heavy atom. The zero-order valence-corrected chi connectivity index (χ0v) is 9.36. The van der Waals surface area contributed by atoms with E-state index in [9.17, 15) is 20.1 Å². The average molecular weight is 252 g/mol. The third-order valence-electron chi connectivity index (χ3n) is 2.58. The van der Waals surface area contributed by atoms with Crippen LogP contribution in [0.3, 0.4) is 0 Å². The number of hydrogen-bond acceptors (Lipinski definition) is 7. The molecule has 0 saturated carbocycles. The molecule has 9 N–H and O–H groups in total. The minimum atomic E-state index is -2.39. The summed E-state index contributed by atoms with van der Waals surface area (Å²) in [5.41, 5.74) is 7.75. The fourth-order valence-corrected chi connectivity index (χ4v) is 1.39. The molecular weight excluding hydrogens is 232 g/mol. The van der Waals surface area contributed by atoms with Crippen LogP contribution in [0.1, 0.15) is 12.8 Å². The Bertz CT molecular complexity index is 252. The monoisotopic (exact) mass is 252 g/mol. The first kappa shape index (κ1) is 16.2. The summed E-state index contributed by atoms with van der Waals surface area (Å²) in [4.78, 5) is 11.1. The zero-order valence-electron chi connectivity index (χ0n) is 9.36. The van der Waals surface area contributed by atoms with Gasteiger partial charge in [0.05, 0.1) is 6.61 Å². The van der Waals surface area contributed by atoms with Crippen LogP contribution in [0.5, 0.6) is 0 Å². The minimum Gasteiger partial charge on any atom is -0.394 e. The molecule has 102 valence electrons. The molecule has 0 aromatic carbocycles. The lowest BCUT2D eigenvalue weighted by Crippen LogP contribution is -2.60. The van der Waals surface area contributed by atoms with Gasteiger partial charge in [-0.25, -0.2) is 0 Å². The van der Waals surface area contributed by atoms with E-state index >= 15 is 0 Å². The number of aliphatic hydroxyl groups is 5. The van der Waals surface area contributed by atoms with Gasteiger partial charge in [-0.05, 0) is 19.4 Å². The number of aliphatic hydroxyl groups excluding tert-OH is 4. The smallest absolute Gasteiger partial charge is 0.252 e. The summed E-state index contributed by atoms with van der Waals surface area (Å²) in [5.74, 6) is -1.23. The standard InChI is InChI=1S/C9H20N2O6/c10-3-1-2-9(17,8(11)16)7(15)6(14)5(13)4-12/h5-7,12-15,17H,1-4,10H2,(H2,11,16)/t5-,6-,7+,9-/m1/s1. The molecule has 0 unspecified atom stereocenters. The molecule has 0 aliphatic rings. The first-order valence-electron chi connectivity index (χ1n) is 5.18. The Balaban J connectivity index is 4.86. The van der Waals surface area contributed by atoms with E-state index in [0.29, 0.717) is 0 Å². The zero-order chi connectivity index (χ0) is 13.6. The number of primary amides is 1. The van der Waals surface area contributed by atoms with Crippen LogP contribution in [-0.2, 0) is 4.79 Å². The first-order chi connectivity index (χ1) is 7.81. The summed E-state index contributed by atoms with van der Waals surface area (Å²) in [6.07, 6.45) is -5.65. The summed E-state index contributed by atoms with van der Waals surface area (Å²) >= 11 is 0. The minimum absolute atomic E-state index is 0.154. The maximum Gasteiger partial charge on any atom is 0.252 e. The molecule has 4 atom stereocenters. The number of hydrogen-bond donors (Lipinski definition) is 7. The molecule has 17 heavy (non-hydrogen) atoms. The molecule has 0 bridgehead atoms. The highest BCUT2D eigenvalue weighted by Gasteiger charge is 2.46.